The number of aromatic nitrogens is 2. The molecule has 1 aromatic rings. The number of nitrogens with one attached hydrogen (secondary N) is 1. The summed E-state index contributed by atoms with van der Waals surface area (Å²) in [5.74, 6) is -0.718. The summed E-state index contributed by atoms with van der Waals surface area (Å²) in [5.41, 5.74) is -0.536. The predicted octanol–water partition coefficient (Wildman–Crippen LogP) is 0.815. The molecular weight excluding hydrogens is 190 g/mol. The third kappa shape index (κ3) is 1.62. The first-order chi connectivity index (χ1) is 6.23. The van der Waals surface area contributed by atoms with Gasteiger partial charge in [0.2, 0.25) is 5.13 Å². The molecule has 6 heteroatoms. The van der Waals surface area contributed by atoms with Gasteiger partial charge in [0.15, 0.2) is 0 Å². The van der Waals surface area contributed by atoms with Crippen molar-refractivity contribution in [3.05, 3.63) is 6.33 Å². The highest BCUT2D eigenvalue weighted by atomic mass is 32.1. The molecule has 1 heterocycles. The first kappa shape index (κ1) is 8.43. The summed E-state index contributed by atoms with van der Waals surface area (Å²) in [4.78, 5) is 14.7. The third-order valence-corrected chi connectivity index (χ3v) is 2.87. The minimum Gasteiger partial charge on any atom is -0.481 e. The molecular formula is C7H9N3O2S. The van der Waals surface area contributed by atoms with E-state index in [0.717, 1.165) is 12.8 Å². The van der Waals surface area contributed by atoms with Crippen molar-refractivity contribution >= 4 is 22.6 Å². The molecule has 1 aromatic heterocycles. The van der Waals surface area contributed by atoms with E-state index in [1.165, 1.54) is 17.9 Å². The molecule has 1 aliphatic carbocycles. The van der Waals surface area contributed by atoms with E-state index in [-0.39, 0.29) is 0 Å². The van der Waals surface area contributed by atoms with Crippen LogP contribution in [0.25, 0.3) is 0 Å². The lowest BCUT2D eigenvalue weighted by atomic mass is 10.1. The van der Waals surface area contributed by atoms with Crippen molar-refractivity contribution in [2.24, 2.45) is 5.41 Å². The van der Waals surface area contributed by atoms with Crippen LogP contribution in [0.3, 0.4) is 0 Å². The third-order valence-electron chi connectivity index (χ3n) is 2.25. The van der Waals surface area contributed by atoms with Crippen LogP contribution in [-0.2, 0) is 4.79 Å². The van der Waals surface area contributed by atoms with Crippen molar-refractivity contribution in [2.75, 3.05) is 11.9 Å². The Morgan fingerprint density at radius 3 is 3.00 bits per heavy atom. The normalized spacial score (nSPS) is 18.2. The van der Waals surface area contributed by atoms with Crippen LogP contribution in [-0.4, -0.2) is 27.0 Å². The number of carboxylic acid groups (broad SMARTS) is 1. The van der Waals surface area contributed by atoms with E-state index in [0.29, 0.717) is 11.7 Å². The maximum absolute atomic E-state index is 10.8. The van der Waals surface area contributed by atoms with E-state index in [1.807, 2.05) is 0 Å². The van der Waals surface area contributed by atoms with Crippen LogP contribution >= 0.6 is 11.5 Å². The monoisotopic (exact) mass is 199 g/mol. The zero-order chi connectivity index (χ0) is 9.31. The van der Waals surface area contributed by atoms with E-state index < -0.39 is 11.4 Å². The second-order valence-electron chi connectivity index (χ2n) is 3.19. The molecule has 0 aromatic carbocycles. The molecule has 0 atom stereocenters. The van der Waals surface area contributed by atoms with Gasteiger partial charge in [-0.3, -0.25) is 4.79 Å². The number of hydrogen-bond donors (Lipinski definition) is 2. The van der Waals surface area contributed by atoms with Gasteiger partial charge in [-0.15, -0.1) is 0 Å². The van der Waals surface area contributed by atoms with E-state index in [9.17, 15) is 4.79 Å². The fraction of sp³-hybridized carbons (Fsp3) is 0.571. The molecule has 0 amide bonds. The summed E-state index contributed by atoms with van der Waals surface area (Å²) in [6, 6.07) is 0. The summed E-state index contributed by atoms with van der Waals surface area (Å²) in [7, 11) is 0. The van der Waals surface area contributed by atoms with E-state index >= 15 is 0 Å². The molecule has 2 N–H and O–H groups in total. The Balaban J connectivity index is 1.90. The summed E-state index contributed by atoms with van der Waals surface area (Å²) in [5, 5.41) is 12.5. The van der Waals surface area contributed by atoms with Crippen LogP contribution in [0.5, 0.6) is 0 Å². The van der Waals surface area contributed by atoms with Crippen LogP contribution in [0, 0.1) is 5.41 Å². The average molecular weight is 199 g/mol. The molecule has 1 fully saturated rings. The molecule has 0 aliphatic heterocycles. The summed E-state index contributed by atoms with van der Waals surface area (Å²) in [6.45, 7) is 0.456. The molecule has 1 aliphatic rings. The SMILES string of the molecule is O=C(O)C1(CNc2ncns2)CC1. The number of carboxylic acids is 1. The van der Waals surface area contributed by atoms with Crippen LogP contribution in [0.4, 0.5) is 5.13 Å². The molecule has 70 valence electrons. The largest absolute Gasteiger partial charge is 0.481 e. The number of aliphatic carboxylic acids is 1. The first-order valence-corrected chi connectivity index (χ1v) is 4.74. The van der Waals surface area contributed by atoms with Gasteiger partial charge in [-0.25, -0.2) is 4.98 Å². The van der Waals surface area contributed by atoms with Crippen LogP contribution < -0.4 is 5.32 Å². The van der Waals surface area contributed by atoms with Gasteiger partial charge in [-0.2, -0.15) is 4.37 Å². The number of carbonyl (C=O) groups is 1. The van der Waals surface area contributed by atoms with Gasteiger partial charge in [0.1, 0.15) is 6.33 Å². The van der Waals surface area contributed by atoms with Gasteiger partial charge < -0.3 is 10.4 Å². The zero-order valence-electron chi connectivity index (χ0n) is 6.86. The fourth-order valence-electron chi connectivity index (χ4n) is 1.11. The Morgan fingerprint density at radius 1 is 1.77 bits per heavy atom. The highest BCUT2D eigenvalue weighted by Gasteiger charge is 2.50. The van der Waals surface area contributed by atoms with Crippen molar-refractivity contribution in [1.29, 1.82) is 0 Å². The van der Waals surface area contributed by atoms with Gasteiger partial charge in [-0.05, 0) is 12.8 Å². The Hall–Kier alpha value is -1.17. The molecule has 0 bridgehead atoms. The second kappa shape index (κ2) is 2.95. The lowest BCUT2D eigenvalue weighted by Gasteiger charge is -2.08. The van der Waals surface area contributed by atoms with Crippen molar-refractivity contribution < 1.29 is 9.90 Å². The van der Waals surface area contributed by atoms with Gasteiger partial charge in [0.05, 0.1) is 5.41 Å². The van der Waals surface area contributed by atoms with Gasteiger partial charge in [-0.1, -0.05) is 0 Å². The number of nitrogens with zero attached hydrogens (tertiary/aromatic N) is 2. The smallest absolute Gasteiger partial charge is 0.311 e. The number of rotatable bonds is 4. The highest BCUT2D eigenvalue weighted by molar-refractivity contribution is 7.09. The molecule has 1 saturated carbocycles. The highest BCUT2D eigenvalue weighted by Crippen LogP contribution is 2.45. The zero-order valence-corrected chi connectivity index (χ0v) is 7.67. The molecule has 0 radical (unpaired) electrons. The fourth-order valence-corrected chi connectivity index (χ4v) is 1.54. The standard InChI is InChI=1S/C7H9N3O2S/c11-5(12)7(1-2-7)3-8-6-9-4-10-13-6/h4H,1-3H2,(H,11,12)(H,8,9,10). The Morgan fingerprint density at radius 2 is 2.54 bits per heavy atom. The maximum Gasteiger partial charge on any atom is 0.311 e. The Labute approximate surface area is 79.0 Å². The van der Waals surface area contributed by atoms with Crippen molar-refractivity contribution in [1.82, 2.24) is 9.36 Å². The minimum atomic E-state index is -0.718. The van der Waals surface area contributed by atoms with Crippen LogP contribution in [0.1, 0.15) is 12.8 Å². The first-order valence-electron chi connectivity index (χ1n) is 3.97. The predicted molar refractivity (Wildman–Crippen MR) is 47.7 cm³/mol. The molecule has 0 spiro atoms. The minimum absolute atomic E-state index is 0.456. The summed E-state index contributed by atoms with van der Waals surface area (Å²) in [6.07, 6.45) is 2.97. The quantitative estimate of drug-likeness (QED) is 0.750. The molecule has 0 saturated heterocycles. The van der Waals surface area contributed by atoms with E-state index in [1.54, 1.807) is 0 Å². The van der Waals surface area contributed by atoms with Crippen molar-refractivity contribution in [3.63, 3.8) is 0 Å². The molecule has 13 heavy (non-hydrogen) atoms. The maximum atomic E-state index is 10.8. The van der Waals surface area contributed by atoms with Crippen molar-refractivity contribution in [2.45, 2.75) is 12.8 Å². The Kier molecular flexibility index (Phi) is 1.91. The number of anilines is 1. The topological polar surface area (TPSA) is 75.1 Å². The summed E-state index contributed by atoms with van der Waals surface area (Å²) < 4.78 is 3.81. The average Bonchev–Trinajstić information content (AvgIpc) is 2.73. The molecule has 2 rings (SSSR count). The van der Waals surface area contributed by atoms with E-state index in [2.05, 4.69) is 14.7 Å². The van der Waals surface area contributed by atoms with Crippen LogP contribution in [0.15, 0.2) is 6.33 Å². The van der Waals surface area contributed by atoms with Gasteiger partial charge in [0.25, 0.3) is 0 Å². The van der Waals surface area contributed by atoms with Crippen molar-refractivity contribution in [3.8, 4) is 0 Å². The second-order valence-corrected chi connectivity index (χ2v) is 3.97. The molecule has 5 nitrogen and oxygen atoms in total. The van der Waals surface area contributed by atoms with Crippen LogP contribution in [0.2, 0.25) is 0 Å². The lowest BCUT2D eigenvalue weighted by molar-refractivity contribution is -0.142. The van der Waals surface area contributed by atoms with E-state index in [4.69, 9.17) is 5.11 Å². The summed E-state index contributed by atoms with van der Waals surface area (Å²) >= 11 is 1.24. The number of hydrogen-bond acceptors (Lipinski definition) is 5. The molecule has 0 unspecified atom stereocenters. The van der Waals surface area contributed by atoms with Gasteiger partial charge >= 0.3 is 5.97 Å². The lowest BCUT2D eigenvalue weighted by Crippen LogP contribution is -2.24. The Bertz CT molecular complexity index is 308. The van der Waals surface area contributed by atoms with Gasteiger partial charge in [0, 0.05) is 18.1 Å².